The Hall–Kier alpha value is -2.69. The summed E-state index contributed by atoms with van der Waals surface area (Å²) in [5.74, 6) is -2.66. The van der Waals surface area contributed by atoms with Gasteiger partial charge in [0.25, 0.3) is 0 Å². The minimum absolute atomic E-state index is 0.0797. The van der Waals surface area contributed by atoms with Gasteiger partial charge < -0.3 is 10.6 Å². The fourth-order valence-electron chi connectivity index (χ4n) is 2.10. The third-order valence-corrected chi connectivity index (χ3v) is 4.10. The second kappa shape index (κ2) is 8.13. The first-order valence-electron chi connectivity index (χ1n) is 7.46. The minimum Gasteiger partial charge on any atom is -0.318 e. The molecule has 0 spiro atoms. The molecule has 0 aliphatic heterocycles. The lowest BCUT2D eigenvalue weighted by Gasteiger charge is -2.14. The molecule has 0 radical (unpaired) electrons. The number of carbonyl (C=O) groups excluding carboxylic acids is 2. The van der Waals surface area contributed by atoms with Crippen LogP contribution in [0, 0.1) is 0 Å². The summed E-state index contributed by atoms with van der Waals surface area (Å²) in [6, 6.07) is 6.90. The highest BCUT2D eigenvalue weighted by atomic mass is 32.2. The van der Waals surface area contributed by atoms with Crippen LogP contribution in [0.25, 0.3) is 0 Å². The molecular formula is C17H12F6N2O2S. The predicted molar refractivity (Wildman–Crippen MR) is 91.9 cm³/mol. The largest absolute Gasteiger partial charge is 0.416 e. The van der Waals surface area contributed by atoms with E-state index < -0.39 is 41.0 Å². The minimum atomic E-state index is -5.07. The van der Waals surface area contributed by atoms with Crippen molar-refractivity contribution in [1.82, 2.24) is 0 Å². The van der Waals surface area contributed by atoms with E-state index in [2.05, 4.69) is 5.32 Å². The van der Waals surface area contributed by atoms with Crippen LogP contribution in [0.5, 0.6) is 0 Å². The quantitative estimate of drug-likeness (QED) is 0.415. The molecule has 2 aromatic rings. The van der Waals surface area contributed by atoms with Crippen molar-refractivity contribution in [1.29, 1.82) is 0 Å². The molecule has 0 fully saturated rings. The predicted octanol–water partition coefficient (Wildman–Crippen LogP) is 5.02. The molecule has 11 heteroatoms. The molecule has 0 aliphatic carbocycles. The van der Waals surface area contributed by atoms with Crippen molar-refractivity contribution in [2.45, 2.75) is 17.2 Å². The van der Waals surface area contributed by atoms with Crippen LogP contribution in [0.2, 0.25) is 0 Å². The van der Waals surface area contributed by atoms with Gasteiger partial charge >= 0.3 is 24.2 Å². The van der Waals surface area contributed by atoms with Gasteiger partial charge in [-0.2, -0.15) is 26.3 Å². The van der Waals surface area contributed by atoms with Crippen LogP contribution in [0.3, 0.4) is 0 Å². The SMILES string of the molecule is CSc1cccc(NC(=O)C(=O)Nc2cc(C(F)(F)F)cc(C(F)(F)F)c2)c1. The summed E-state index contributed by atoms with van der Waals surface area (Å²) in [6.45, 7) is 0. The monoisotopic (exact) mass is 422 g/mol. The van der Waals surface area contributed by atoms with Gasteiger partial charge in [-0.05, 0) is 42.7 Å². The zero-order valence-corrected chi connectivity index (χ0v) is 14.9. The van der Waals surface area contributed by atoms with E-state index in [-0.39, 0.29) is 11.8 Å². The maximum absolute atomic E-state index is 12.8. The van der Waals surface area contributed by atoms with Crippen LogP contribution in [-0.4, -0.2) is 18.1 Å². The molecule has 0 bridgehead atoms. The molecule has 0 heterocycles. The highest BCUT2D eigenvalue weighted by molar-refractivity contribution is 7.98. The summed E-state index contributed by atoms with van der Waals surface area (Å²) in [7, 11) is 0. The maximum Gasteiger partial charge on any atom is 0.416 e. The normalized spacial score (nSPS) is 11.8. The number of carbonyl (C=O) groups is 2. The van der Waals surface area contributed by atoms with Crippen molar-refractivity contribution in [2.24, 2.45) is 0 Å². The van der Waals surface area contributed by atoms with Crippen molar-refractivity contribution < 1.29 is 35.9 Å². The molecule has 4 nitrogen and oxygen atoms in total. The van der Waals surface area contributed by atoms with Gasteiger partial charge in [-0.15, -0.1) is 11.8 Å². The Bertz CT molecular complexity index is 864. The second-order valence-electron chi connectivity index (χ2n) is 5.43. The lowest BCUT2D eigenvalue weighted by atomic mass is 10.1. The highest BCUT2D eigenvalue weighted by Gasteiger charge is 2.37. The first-order valence-corrected chi connectivity index (χ1v) is 8.68. The zero-order chi connectivity index (χ0) is 21.1. The van der Waals surface area contributed by atoms with Gasteiger partial charge in [-0.25, -0.2) is 0 Å². The van der Waals surface area contributed by atoms with E-state index in [1.165, 1.54) is 17.8 Å². The Labute approximate surface area is 159 Å². The van der Waals surface area contributed by atoms with E-state index in [4.69, 9.17) is 0 Å². The average Bonchev–Trinajstić information content (AvgIpc) is 2.60. The highest BCUT2D eigenvalue weighted by Crippen LogP contribution is 2.37. The van der Waals surface area contributed by atoms with Crippen molar-refractivity contribution in [3.8, 4) is 0 Å². The Morgan fingerprint density at radius 1 is 0.786 bits per heavy atom. The molecule has 0 saturated heterocycles. The molecule has 0 saturated carbocycles. The number of hydrogen-bond acceptors (Lipinski definition) is 3. The number of nitrogens with one attached hydrogen (secondary N) is 2. The molecule has 150 valence electrons. The van der Waals surface area contributed by atoms with Crippen LogP contribution in [0.15, 0.2) is 47.4 Å². The fraction of sp³-hybridized carbons (Fsp3) is 0.176. The first-order chi connectivity index (χ1) is 12.9. The molecule has 2 rings (SSSR count). The summed E-state index contributed by atoms with van der Waals surface area (Å²) < 4.78 is 77.0. The number of thioether (sulfide) groups is 1. The number of halogens is 6. The van der Waals surface area contributed by atoms with Gasteiger partial charge in [0.2, 0.25) is 0 Å². The molecule has 2 amide bonds. The number of anilines is 2. The number of amides is 2. The topological polar surface area (TPSA) is 58.2 Å². The van der Waals surface area contributed by atoms with Crippen LogP contribution in [-0.2, 0) is 21.9 Å². The van der Waals surface area contributed by atoms with E-state index >= 15 is 0 Å². The number of rotatable bonds is 3. The van der Waals surface area contributed by atoms with E-state index in [0.29, 0.717) is 12.1 Å². The van der Waals surface area contributed by atoms with Crippen molar-refractivity contribution >= 4 is 35.0 Å². The van der Waals surface area contributed by atoms with E-state index in [1.807, 2.05) is 0 Å². The first kappa shape index (κ1) is 21.6. The van der Waals surface area contributed by atoms with E-state index in [9.17, 15) is 35.9 Å². The molecule has 2 N–H and O–H groups in total. The Kier molecular flexibility index (Phi) is 6.27. The zero-order valence-electron chi connectivity index (χ0n) is 14.0. The Morgan fingerprint density at radius 3 is 1.75 bits per heavy atom. The van der Waals surface area contributed by atoms with E-state index in [0.717, 1.165) is 4.90 Å². The van der Waals surface area contributed by atoms with Crippen LogP contribution in [0.4, 0.5) is 37.7 Å². The standard InChI is InChI=1S/C17H12F6N2O2S/c1-28-13-4-2-3-11(8-13)24-14(26)15(27)25-12-6-9(16(18,19)20)5-10(7-12)17(21,22)23/h2-8H,1H3,(H,24,26)(H,25,27). The molecule has 0 aliphatic rings. The van der Waals surface area contributed by atoms with Crippen LogP contribution in [0.1, 0.15) is 11.1 Å². The number of hydrogen-bond donors (Lipinski definition) is 2. The molecule has 2 aromatic carbocycles. The third kappa shape index (κ3) is 5.65. The van der Waals surface area contributed by atoms with Gasteiger partial charge in [0.05, 0.1) is 11.1 Å². The van der Waals surface area contributed by atoms with Gasteiger partial charge in [0.1, 0.15) is 0 Å². The Morgan fingerprint density at radius 2 is 1.29 bits per heavy atom. The van der Waals surface area contributed by atoms with Crippen LogP contribution < -0.4 is 10.6 Å². The molecule has 0 atom stereocenters. The third-order valence-electron chi connectivity index (χ3n) is 3.38. The summed E-state index contributed by atoms with van der Waals surface area (Å²) in [5, 5.41) is 3.98. The summed E-state index contributed by atoms with van der Waals surface area (Å²) in [6.07, 6.45) is -8.36. The van der Waals surface area contributed by atoms with Crippen molar-refractivity contribution in [3.05, 3.63) is 53.6 Å². The lowest BCUT2D eigenvalue weighted by Crippen LogP contribution is -2.29. The van der Waals surface area contributed by atoms with Gasteiger partial charge in [-0.1, -0.05) is 6.07 Å². The molecular weight excluding hydrogens is 410 g/mol. The van der Waals surface area contributed by atoms with Crippen molar-refractivity contribution in [3.63, 3.8) is 0 Å². The molecule has 0 aromatic heterocycles. The van der Waals surface area contributed by atoms with Crippen molar-refractivity contribution in [2.75, 3.05) is 16.9 Å². The molecule has 0 unspecified atom stereocenters. The smallest absolute Gasteiger partial charge is 0.318 e. The summed E-state index contributed by atoms with van der Waals surface area (Å²) in [5.41, 5.74) is -3.77. The average molecular weight is 422 g/mol. The van der Waals surface area contributed by atoms with Gasteiger partial charge in [0, 0.05) is 16.3 Å². The van der Waals surface area contributed by atoms with Gasteiger partial charge in [0.15, 0.2) is 0 Å². The van der Waals surface area contributed by atoms with Gasteiger partial charge in [-0.3, -0.25) is 9.59 Å². The number of alkyl halides is 6. The fourth-order valence-corrected chi connectivity index (χ4v) is 2.56. The second-order valence-corrected chi connectivity index (χ2v) is 6.31. The molecule has 28 heavy (non-hydrogen) atoms. The maximum atomic E-state index is 12.8. The lowest BCUT2D eigenvalue weighted by molar-refractivity contribution is -0.143. The summed E-state index contributed by atoms with van der Waals surface area (Å²) in [4.78, 5) is 24.6. The number of benzene rings is 2. The van der Waals surface area contributed by atoms with E-state index in [1.54, 1.807) is 29.8 Å². The summed E-state index contributed by atoms with van der Waals surface area (Å²) >= 11 is 1.36. The van der Waals surface area contributed by atoms with Crippen LogP contribution >= 0.6 is 11.8 Å². The Balaban J connectivity index is 2.23.